The largest absolute Gasteiger partial charge is 0.497 e. The molecule has 2 amide bonds. The third-order valence-electron chi connectivity index (χ3n) is 4.90. The Bertz CT molecular complexity index is 759. The molecular weight excluding hydrogens is 308 g/mol. The number of carbonyl (C=O) groups excluding carboxylic acids is 2. The van der Waals surface area contributed by atoms with E-state index in [2.05, 4.69) is 4.98 Å². The second-order valence-corrected chi connectivity index (χ2v) is 6.25. The van der Waals surface area contributed by atoms with E-state index in [1.807, 2.05) is 24.3 Å². The first-order valence-corrected chi connectivity index (χ1v) is 8.11. The first-order chi connectivity index (χ1) is 11.7. The van der Waals surface area contributed by atoms with E-state index in [1.165, 1.54) is 4.90 Å². The molecule has 1 aromatic carbocycles. The summed E-state index contributed by atoms with van der Waals surface area (Å²) in [6.45, 7) is 0.112. The highest BCUT2D eigenvalue weighted by molar-refractivity contribution is 6.05. The average Bonchev–Trinajstić information content (AvgIpc) is 3.31. The highest BCUT2D eigenvalue weighted by Gasteiger charge is 2.49. The number of rotatable bonds is 4. The van der Waals surface area contributed by atoms with Gasteiger partial charge in [0.05, 0.1) is 25.1 Å². The normalized spacial score (nSPS) is 23.0. The molecule has 0 radical (unpaired) electrons. The van der Waals surface area contributed by atoms with Crippen molar-refractivity contribution in [1.82, 2.24) is 9.88 Å². The summed E-state index contributed by atoms with van der Waals surface area (Å²) < 4.78 is 10.9. The molecule has 2 heterocycles. The molecule has 6 heteroatoms. The van der Waals surface area contributed by atoms with Crippen LogP contribution in [0.5, 0.6) is 5.75 Å². The predicted octanol–water partition coefficient (Wildman–Crippen LogP) is 2.64. The van der Waals surface area contributed by atoms with E-state index in [1.54, 1.807) is 13.3 Å². The van der Waals surface area contributed by atoms with Crippen molar-refractivity contribution < 1.29 is 18.7 Å². The van der Waals surface area contributed by atoms with Gasteiger partial charge >= 0.3 is 0 Å². The van der Waals surface area contributed by atoms with Crippen LogP contribution in [0.3, 0.4) is 0 Å². The number of amides is 2. The lowest BCUT2D eigenvalue weighted by Gasteiger charge is -2.13. The number of ether oxygens (including phenoxy) is 1. The number of hydrogen-bond donors (Lipinski definition) is 0. The summed E-state index contributed by atoms with van der Waals surface area (Å²) in [6.07, 6.45) is 4.20. The summed E-state index contributed by atoms with van der Waals surface area (Å²) in [6, 6.07) is 7.43. The highest BCUT2D eigenvalue weighted by Crippen LogP contribution is 2.40. The van der Waals surface area contributed by atoms with Crippen LogP contribution in [0, 0.1) is 11.8 Å². The van der Waals surface area contributed by atoms with Crippen molar-refractivity contribution in [1.29, 1.82) is 0 Å². The number of aromatic nitrogens is 1. The third-order valence-corrected chi connectivity index (χ3v) is 4.90. The van der Waals surface area contributed by atoms with Crippen LogP contribution in [0.2, 0.25) is 0 Å². The van der Waals surface area contributed by atoms with Gasteiger partial charge in [0.25, 0.3) is 0 Å². The number of benzene rings is 1. The second kappa shape index (κ2) is 5.78. The number of carbonyl (C=O) groups is 2. The first-order valence-electron chi connectivity index (χ1n) is 8.11. The van der Waals surface area contributed by atoms with Crippen LogP contribution in [-0.2, 0) is 16.1 Å². The SMILES string of the molecule is COc1ccc(-c2cnc(CN3C(=O)[C@H]4CCC[C@H]4C3=O)o2)cc1. The minimum Gasteiger partial charge on any atom is -0.497 e. The van der Waals surface area contributed by atoms with Crippen LogP contribution in [0.1, 0.15) is 25.2 Å². The van der Waals surface area contributed by atoms with Gasteiger partial charge in [-0.2, -0.15) is 0 Å². The molecule has 2 fully saturated rings. The smallest absolute Gasteiger partial charge is 0.233 e. The first kappa shape index (κ1) is 14.9. The lowest BCUT2D eigenvalue weighted by molar-refractivity contribution is -0.141. The second-order valence-electron chi connectivity index (χ2n) is 6.25. The molecule has 6 nitrogen and oxygen atoms in total. The summed E-state index contributed by atoms with van der Waals surface area (Å²) in [5, 5.41) is 0. The summed E-state index contributed by atoms with van der Waals surface area (Å²) in [7, 11) is 1.61. The Morgan fingerprint density at radius 2 is 1.83 bits per heavy atom. The number of hydrogen-bond acceptors (Lipinski definition) is 5. The Labute approximate surface area is 139 Å². The van der Waals surface area contributed by atoms with Gasteiger partial charge in [0.1, 0.15) is 12.3 Å². The zero-order valence-electron chi connectivity index (χ0n) is 13.4. The zero-order valence-corrected chi connectivity index (χ0v) is 13.4. The van der Waals surface area contributed by atoms with Gasteiger partial charge in [-0.05, 0) is 37.1 Å². The van der Waals surface area contributed by atoms with E-state index in [0.29, 0.717) is 11.7 Å². The van der Waals surface area contributed by atoms with Gasteiger partial charge in [0, 0.05) is 5.56 Å². The minimum atomic E-state index is -0.131. The van der Waals surface area contributed by atoms with Gasteiger partial charge in [0.2, 0.25) is 17.7 Å². The maximum Gasteiger partial charge on any atom is 0.233 e. The average molecular weight is 326 g/mol. The summed E-state index contributed by atoms with van der Waals surface area (Å²) in [4.78, 5) is 30.3. The van der Waals surface area contributed by atoms with Crippen LogP contribution in [0.4, 0.5) is 0 Å². The van der Waals surface area contributed by atoms with Crippen LogP contribution < -0.4 is 4.74 Å². The molecule has 1 saturated heterocycles. The third kappa shape index (κ3) is 2.38. The van der Waals surface area contributed by atoms with E-state index in [9.17, 15) is 9.59 Å². The Morgan fingerprint density at radius 3 is 2.46 bits per heavy atom. The van der Waals surface area contributed by atoms with Gasteiger partial charge < -0.3 is 9.15 Å². The van der Waals surface area contributed by atoms with Crippen molar-refractivity contribution in [2.45, 2.75) is 25.8 Å². The molecule has 0 N–H and O–H groups in total. The molecule has 1 aliphatic carbocycles. The molecule has 1 aromatic heterocycles. The van der Waals surface area contributed by atoms with Gasteiger partial charge in [-0.15, -0.1) is 0 Å². The molecule has 24 heavy (non-hydrogen) atoms. The Balaban J connectivity index is 1.51. The molecule has 0 unspecified atom stereocenters. The number of likely N-dealkylation sites (tertiary alicyclic amines) is 1. The summed E-state index contributed by atoms with van der Waals surface area (Å²) >= 11 is 0. The Kier molecular flexibility index (Phi) is 3.59. The molecule has 2 atom stereocenters. The van der Waals surface area contributed by atoms with Crippen LogP contribution >= 0.6 is 0 Å². The van der Waals surface area contributed by atoms with Gasteiger partial charge in [0.15, 0.2) is 5.76 Å². The van der Waals surface area contributed by atoms with Crippen molar-refractivity contribution in [3.63, 3.8) is 0 Å². The van der Waals surface area contributed by atoms with Gasteiger partial charge in [-0.25, -0.2) is 4.98 Å². The quantitative estimate of drug-likeness (QED) is 0.808. The minimum absolute atomic E-state index is 0.0771. The van der Waals surface area contributed by atoms with Crippen molar-refractivity contribution in [2.24, 2.45) is 11.8 Å². The maximum absolute atomic E-state index is 12.4. The van der Waals surface area contributed by atoms with Crippen LogP contribution in [0.25, 0.3) is 11.3 Å². The van der Waals surface area contributed by atoms with E-state index < -0.39 is 0 Å². The summed E-state index contributed by atoms with van der Waals surface area (Å²) in [5.41, 5.74) is 0.866. The lowest BCUT2D eigenvalue weighted by Crippen LogP contribution is -2.31. The predicted molar refractivity (Wildman–Crippen MR) is 84.9 cm³/mol. The van der Waals surface area contributed by atoms with Crippen LogP contribution in [0.15, 0.2) is 34.9 Å². The summed E-state index contributed by atoms with van der Waals surface area (Å²) in [5.74, 6) is 1.33. The van der Waals surface area contributed by atoms with Crippen molar-refractivity contribution in [3.8, 4) is 17.1 Å². The van der Waals surface area contributed by atoms with E-state index in [4.69, 9.17) is 9.15 Å². The molecule has 4 rings (SSSR count). The number of methoxy groups -OCH3 is 1. The van der Waals surface area contributed by atoms with Crippen LogP contribution in [-0.4, -0.2) is 28.8 Å². The monoisotopic (exact) mass is 326 g/mol. The van der Waals surface area contributed by atoms with E-state index in [-0.39, 0.29) is 30.2 Å². The van der Waals surface area contributed by atoms with Gasteiger partial charge in [-0.1, -0.05) is 6.42 Å². The maximum atomic E-state index is 12.4. The standard InChI is InChI=1S/C18H18N2O4/c1-23-12-7-5-11(6-8-12)15-9-19-16(24-15)10-20-17(21)13-3-2-4-14(13)18(20)22/h5-9,13-14H,2-4,10H2,1H3/t13-,14+. The Hall–Kier alpha value is -2.63. The van der Waals surface area contributed by atoms with Crippen molar-refractivity contribution in [2.75, 3.05) is 7.11 Å². The molecule has 124 valence electrons. The topological polar surface area (TPSA) is 72.6 Å². The van der Waals surface area contributed by atoms with Crippen molar-refractivity contribution >= 4 is 11.8 Å². The van der Waals surface area contributed by atoms with Crippen molar-refractivity contribution in [3.05, 3.63) is 36.4 Å². The number of oxazole rings is 1. The lowest BCUT2D eigenvalue weighted by atomic mass is 10.00. The fourth-order valence-electron chi connectivity index (χ4n) is 3.62. The molecule has 1 aliphatic heterocycles. The zero-order chi connectivity index (χ0) is 16.7. The fraction of sp³-hybridized carbons (Fsp3) is 0.389. The van der Waals surface area contributed by atoms with Gasteiger partial charge in [-0.3, -0.25) is 14.5 Å². The van der Waals surface area contributed by atoms with E-state index in [0.717, 1.165) is 30.6 Å². The molecule has 0 spiro atoms. The molecular formula is C18H18N2O4. The van der Waals surface area contributed by atoms with E-state index >= 15 is 0 Å². The molecule has 2 aromatic rings. The molecule has 1 saturated carbocycles. The number of fused-ring (bicyclic) bond motifs is 1. The fourth-order valence-corrected chi connectivity index (χ4v) is 3.62. The Morgan fingerprint density at radius 1 is 1.17 bits per heavy atom. The number of imide groups is 1. The highest BCUT2D eigenvalue weighted by atomic mass is 16.5. The number of nitrogens with zero attached hydrogens (tertiary/aromatic N) is 2. The molecule has 0 bridgehead atoms. The molecule has 2 aliphatic rings.